The van der Waals surface area contributed by atoms with Gasteiger partial charge in [-0.15, -0.1) is 11.3 Å². The maximum absolute atomic E-state index is 12.4. The van der Waals surface area contributed by atoms with Gasteiger partial charge in [-0.2, -0.15) is 17.4 Å². The highest BCUT2D eigenvalue weighted by molar-refractivity contribution is 7.87. The van der Waals surface area contributed by atoms with Gasteiger partial charge in [0.25, 0.3) is 10.2 Å². The third-order valence-electron chi connectivity index (χ3n) is 4.49. The van der Waals surface area contributed by atoms with Crippen molar-refractivity contribution < 1.29 is 8.42 Å². The maximum Gasteiger partial charge on any atom is 0.279 e. The Morgan fingerprint density at radius 1 is 1.15 bits per heavy atom. The van der Waals surface area contributed by atoms with Crippen molar-refractivity contribution in [3.8, 4) is 0 Å². The van der Waals surface area contributed by atoms with E-state index in [1.54, 1.807) is 11.3 Å². The fraction of sp³-hybridized carbons (Fsp3) is 0.667. The van der Waals surface area contributed by atoms with E-state index in [1.165, 1.54) is 9.87 Å². The minimum atomic E-state index is -3.43. The third kappa shape index (κ3) is 4.59. The number of aromatic nitrogens is 2. The molecule has 0 atom stereocenters. The molecule has 2 aromatic heterocycles. The minimum absolute atomic E-state index is 0.110. The second-order valence-electron chi connectivity index (χ2n) is 7.80. The number of hydrogen-bond donors (Lipinski definition) is 1. The van der Waals surface area contributed by atoms with Crippen molar-refractivity contribution >= 4 is 37.6 Å². The molecule has 7 nitrogen and oxygen atoms in total. The fourth-order valence-corrected chi connectivity index (χ4v) is 5.80. The molecular weight excluding hydrogens is 382 g/mol. The molecule has 1 fully saturated rings. The summed E-state index contributed by atoms with van der Waals surface area (Å²) in [4.78, 5) is 12.6. The van der Waals surface area contributed by atoms with E-state index in [9.17, 15) is 8.42 Å². The molecule has 2 aromatic rings. The van der Waals surface area contributed by atoms with Gasteiger partial charge < -0.3 is 4.90 Å². The number of aryl methyl sites for hydroxylation is 1. The molecule has 0 spiro atoms. The Kier molecular flexibility index (Phi) is 6.05. The summed E-state index contributed by atoms with van der Waals surface area (Å²) in [7, 11) is -3.43. The highest BCUT2D eigenvalue weighted by Crippen LogP contribution is 2.34. The second kappa shape index (κ2) is 7.98. The van der Waals surface area contributed by atoms with Crippen molar-refractivity contribution in [2.75, 3.05) is 31.1 Å². The third-order valence-corrected chi connectivity index (χ3v) is 7.23. The molecule has 1 aliphatic heterocycles. The number of hydrogen-bond acceptors (Lipinski definition) is 6. The first-order chi connectivity index (χ1) is 12.7. The smallest absolute Gasteiger partial charge is 0.279 e. The zero-order chi connectivity index (χ0) is 19.8. The lowest BCUT2D eigenvalue weighted by molar-refractivity contribution is 0.375. The van der Waals surface area contributed by atoms with E-state index in [0.29, 0.717) is 32.1 Å². The van der Waals surface area contributed by atoms with Crippen molar-refractivity contribution in [3.63, 3.8) is 0 Å². The van der Waals surface area contributed by atoms with Crippen LogP contribution in [0.15, 0.2) is 5.38 Å². The van der Waals surface area contributed by atoms with Gasteiger partial charge in [-0.3, -0.25) is 0 Å². The first-order valence-corrected chi connectivity index (χ1v) is 11.8. The second-order valence-corrected chi connectivity index (χ2v) is 10.4. The van der Waals surface area contributed by atoms with E-state index >= 15 is 0 Å². The predicted octanol–water partition coefficient (Wildman–Crippen LogP) is 2.56. The van der Waals surface area contributed by atoms with Crippen LogP contribution in [0.3, 0.4) is 0 Å². The molecule has 3 rings (SSSR count). The van der Waals surface area contributed by atoms with Gasteiger partial charge >= 0.3 is 0 Å². The Hall–Kier alpha value is -1.29. The Morgan fingerprint density at radius 3 is 2.41 bits per heavy atom. The first kappa shape index (κ1) is 20.4. The fourth-order valence-electron chi connectivity index (χ4n) is 3.42. The first-order valence-electron chi connectivity index (χ1n) is 9.44. The number of piperazine rings is 1. The number of thiophene rings is 1. The Morgan fingerprint density at radius 2 is 1.81 bits per heavy atom. The maximum atomic E-state index is 12.4. The summed E-state index contributed by atoms with van der Waals surface area (Å²) >= 11 is 1.67. The van der Waals surface area contributed by atoms with E-state index in [0.717, 1.165) is 28.3 Å². The summed E-state index contributed by atoms with van der Waals surface area (Å²) in [5, 5.41) is 3.33. The zero-order valence-corrected chi connectivity index (χ0v) is 18.3. The highest BCUT2D eigenvalue weighted by Gasteiger charge is 2.29. The topological polar surface area (TPSA) is 78.4 Å². The summed E-state index contributed by atoms with van der Waals surface area (Å²) in [6, 6.07) is -0.110. The van der Waals surface area contributed by atoms with Gasteiger partial charge in [-0.25, -0.2) is 9.97 Å². The zero-order valence-electron chi connectivity index (χ0n) is 16.7. The number of fused-ring (bicyclic) bond motifs is 1. The molecule has 3 heterocycles. The standard InChI is InChI=1S/C18H29N5O2S2/c1-12(2)10-15-11-26-18-16(15)17(19-14(5)20-18)22-6-8-23(9-7-22)27(24,25)21-13(3)4/h11-13,21H,6-10H2,1-5H3. The monoisotopic (exact) mass is 411 g/mol. The van der Waals surface area contributed by atoms with Crippen molar-refractivity contribution in [2.45, 2.75) is 47.1 Å². The lowest BCUT2D eigenvalue weighted by Gasteiger charge is -2.35. The molecule has 0 amide bonds. The molecule has 150 valence electrons. The van der Waals surface area contributed by atoms with Crippen molar-refractivity contribution in [2.24, 2.45) is 5.92 Å². The Balaban J connectivity index is 1.86. The van der Waals surface area contributed by atoms with Gasteiger partial charge in [-0.05, 0) is 44.1 Å². The molecular formula is C18H29N5O2S2. The molecule has 0 unspecified atom stereocenters. The lowest BCUT2D eigenvalue weighted by atomic mass is 10.0. The van der Waals surface area contributed by atoms with Gasteiger partial charge in [0, 0.05) is 32.2 Å². The summed E-state index contributed by atoms with van der Waals surface area (Å²) in [6.45, 7) is 12.2. The summed E-state index contributed by atoms with van der Waals surface area (Å²) in [6.07, 6.45) is 0.992. The molecule has 27 heavy (non-hydrogen) atoms. The van der Waals surface area contributed by atoms with Gasteiger partial charge in [0.1, 0.15) is 16.5 Å². The van der Waals surface area contributed by atoms with Crippen LogP contribution < -0.4 is 9.62 Å². The Labute approximate surface area is 166 Å². The van der Waals surface area contributed by atoms with Crippen LogP contribution >= 0.6 is 11.3 Å². The lowest BCUT2D eigenvalue weighted by Crippen LogP contribution is -2.53. The van der Waals surface area contributed by atoms with Crippen molar-refractivity contribution in [1.29, 1.82) is 0 Å². The highest BCUT2D eigenvalue weighted by atomic mass is 32.2. The van der Waals surface area contributed by atoms with Gasteiger partial charge in [0.15, 0.2) is 0 Å². The average molecular weight is 412 g/mol. The van der Waals surface area contributed by atoms with Crippen LogP contribution in [0.4, 0.5) is 5.82 Å². The van der Waals surface area contributed by atoms with Crippen LogP contribution in [0.25, 0.3) is 10.2 Å². The molecule has 9 heteroatoms. The van der Waals surface area contributed by atoms with E-state index in [2.05, 4.69) is 33.8 Å². The normalized spacial score (nSPS) is 16.8. The molecule has 0 saturated carbocycles. The van der Waals surface area contributed by atoms with Gasteiger partial charge in [-0.1, -0.05) is 13.8 Å². The Bertz CT molecular complexity index is 900. The number of nitrogens with zero attached hydrogens (tertiary/aromatic N) is 4. The van der Waals surface area contributed by atoms with Crippen LogP contribution in [-0.2, 0) is 16.6 Å². The number of nitrogens with one attached hydrogen (secondary N) is 1. The van der Waals surface area contributed by atoms with Crippen LogP contribution in [0.1, 0.15) is 39.1 Å². The van der Waals surface area contributed by atoms with Gasteiger partial charge in [0.2, 0.25) is 0 Å². The number of rotatable bonds is 6. The van der Waals surface area contributed by atoms with Gasteiger partial charge in [0.05, 0.1) is 5.39 Å². The van der Waals surface area contributed by atoms with E-state index < -0.39 is 10.2 Å². The van der Waals surface area contributed by atoms with Crippen LogP contribution in [0.2, 0.25) is 0 Å². The van der Waals surface area contributed by atoms with Crippen LogP contribution in [0.5, 0.6) is 0 Å². The van der Waals surface area contributed by atoms with E-state index in [-0.39, 0.29) is 6.04 Å². The predicted molar refractivity (Wildman–Crippen MR) is 112 cm³/mol. The molecule has 1 N–H and O–H groups in total. The molecule has 0 aromatic carbocycles. The van der Waals surface area contributed by atoms with E-state index in [4.69, 9.17) is 4.98 Å². The van der Waals surface area contributed by atoms with Crippen LogP contribution in [-0.4, -0.2) is 54.9 Å². The quantitative estimate of drug-likeness (QED) is 0.790. The largest absolute Gasteiger partial charge is 0.353 e. The molecule has 1 aliphatic rings. The SMILES string of the molecule is Cc1nc(N2CCN(S(=O)(=O)NC(C)C)CC2)c2c(CC(C)C)csc2n1. The molecule has 0 aliphatic carbocycles. The summed E-state index contributed by atoms with van der Waals surface area (Å²) in [5.74, 6) is 2.26. The van der Waals surface area contributed by atoms with Crippen LogP contribution in [0, 0.1) is 12.8 Å². The summed E-state index contributed by atoms with van der Waals surface area (Å²) < 4.78 is 29.0. The summed E-state index contributed by atoms with van der Waals surface area (Å²) in [5.41, 5.74) is 1.29. The minimum Gasteiger partial charge on any atom is -0.353 e. The number of anilines is 1. The molecule has 1 saturated heterocycles. The molecule has 0 bridgehead atoms. The van der Waals surface area contributed by atoms with E-state index in [1.807, 2.05) is 20.8 Å². The van der Waals surface area contributed by atoms with Crippen molar-refractivity contribution in [3.05, 3.63) is 16.8 Å². The molecule has 0 radical (unpaired) electrons. The average Bonchev–Trinajstić information content (AvgIpc) is 2.95. The van der Waals surface area contributed by atoms with Crippen molar-refractivity contribution in [1.82, 2.24) is 19.0 Å².